The summed E-state index contributed by atoms with van der Waals surface area (Å²) in [6.07, 6.45) is 2.67. The van der Waals surface area contributed by atoms with E-state index in [1.807, 2.05) is 0 Å². The molecule has 1 unspecified atom stereocenters. The summed E-state index contributed by atoms with van der Waals surface area (Å²) in [5, 5.41) is 0. The molecule has 0 aliphatic carbocycles. The van der Waals surface area contributed by atoms with Gasteiger partial charge in [0.05, 0.1) is 26.7 Å². The number of ether oxygens (including phenoxy) is 1. The van der Waals surface area contributed by atoms with E-state index in [9.17, 15) is 0 Å². The van der Waals surface area contributed by atoms with Gasteiger partial charge < -0.3 is 14.1 Å². The van der Waals surface area contributed by atoms with Crippen LogP contribution in [0, 0.1) is 5.92 Å². The van der Waals surface area contributed by atoms with Gasteiger partial charge in [0.2, 0.25) is 0 Å². The van der Waals surface area contributed by atoms with E-state index < -0.39 is 0 Å². The molecule has 1 aliphatic heterocycles. The molecule has 1 aliphatic rings. The molecule has 1 fully saturated rings. The van der Waals surface area contributed by atoms with Crippen molar-refractivity contribution < 1.29 is 9.22 Å². The standard InChI is InChI=1S/C25H37N2O/c1-22(2)20-28-21-25(27(3)16-10-11-17-27)19-26(24-14-8-5-9-15-24)18-23-12-6-4-7-13-23/h4-9,12-15,22,25H,10-11,16-21H2,1-3H3/q+1. The van der Waals surface area contributed by atoms with Crippen LogP contribution in [-0.4, -0.2) is 50.4 Å². The first kappa shape index (κ1) is 20.9. The average Bonchev–Trinajstić information content (AvgIpc) is 3.15. The monoisotopic (exact) mass is 381 g/mol. The normalized spacial score (nSPS) is 17.0. The second-order valence-electron chi connectivity index (χ2n) is 8.92. The Bertz CT molecular complexity index is 680. The maximum atomic E-state index is 6.18. The zero-order valence-corrected chi connectivity index (χ0v) is 17.9. The Morgan fingerprint density at radius 3 is 2.11 bits per heavy atom. The molecule has 152 valence electrons. The molecular weight excluding hydrogens is 344 g/mol. The SMILES string of the molecule is CC(C)COCC(CN(Cc1ccccc1)c1ccccc1)[N+]1(C)CCCC1. The molecule has 0 bridgehead atoms. The van der Waals surface area contributed by atoms with Crippen LogP contribution in [0.15, 0.2) is 60.7 Å². The minimum atomic E-state index is 0.491. The first-order valence-corrected chi connectivity index (χ1v) is 10.8. The van der Waals surface area contributed by atoms with Gasteiger partial charge in [-0.3, -0.25) is 0 Å². The molecular formula is C25H37N2O+. The molecule has 0 saturated carbocycles. The van der Waals surface area contributed by atoms with Crippen molar-refractivity contribution in [2.45, 2.75) is 39.3 Å². The highest BCUT2D eigenvalue weighted by molar-refractivity contribution is 5.46. The molecule has 0 aromatic heterocycles. The zero-order valence-electron chi connectivity index (χ0n) is 17.9. The largest absolute Gasteiger partial charge is 0.375 e. The number of likely N-dealkylation sites (tertiary alicyclic amines) is 1. The van der Waals surface area contributed by atoms with Gasteiger partial charge in [0.1, 0.15) is 12.6 Å². The summed E-state index contributed by atoms with van der Waals surface area (Å²) in [7, 11) is 2.43. The van der Waals surface area contributed by atoms with Crippen molar-refractivity contribution in [2.24, 2.45) is 5.92 Å². The Labute approximate surface area is 171 Å². The van der Waals surface area contributed by atoms with Crippen LogP contribution in [0.25, 0.3) is 0 Å². The number of hydrogen-bond donors (Lipinski definition) is 0. The molecule has 3 heteroatoms. The molecule has 3 rings (SSSR count). The summed E-state index contributed by atoms with van der Waals surface area (Å²) in [6, 6.07) is 22.2. The lowest BCUT2D eigenvalue weighted by Gasteiger charge is -2.41. The van der Waals surface area contributed by atoms with Gasteiger partial charge in [-0.1, -0.05) is 62.4 Å². The van der Waals surface area contributed by atoms with Crippen molar-refractivity contribution in [1.29, 1.82) is 0 Å². The highest BCUT2D eigenvalue weighted by atomic mass is 16.5. The van der Waals surface area contributed by atoms with Gasteiger partial charge in [0.25, 0.3) is 0 Å². The van der Waals surface area contributed by atoms with Gasteiger partial charge in [0.15, 0.2) is 0 Å². The van der Waals surface area contributed by atoms with Crippen molar-refractivity contribution >= 4 is 5.69 Å². The predicted octanol–water partition coefficient (Wildman–Crippen LogP) is 4.97. The summed E-state index contributed by atoms with van der Waals surface area (Å²) in [5.74, 6) is 0.582. The molecule has 0 N–H and O–H groups in total. The summed E-state index contributed by atoms with van der Waals surface area (Å²) >= 11 is 0. The number of likely N-dealkylation sites (N-methyl/N-ethyl adjacent to an activating group) is 1. The molecule has 3 nitrogen and oxygen atoms in total. The van der Waals surface area contributed by atoms with Crippen molar-refractivity contribution in [1.82, 2.24) is 0 Å². The van der Waals surface area contributed by atoms with Gasteiger partial charge in [-0.05, 0) is 23.6 Å². The molecule has 1 heterocycles. The van der Waals surface area contributed by atoms with Crippen LogP contribution in [0.1, 0.15) is 32.3 Å². The Balaban J connectivity index is 1.79. The van der Waals surface area contributed by atoms with E-state index in [2.05, 4.69) is 86.5 Å². The van der Waals surface area contributed by atoms with E-state index in [-0.39, 0.29) is 0 Å². The zero-order chi connectivity index (χ0) is 19.8. The Hall–Kier alpha value is -1.84. The third-order valence-electron chi connectivity index (χ3n) is 6.00. The van der Waals surface area contributed by atoms with Gasteiger partial charge >= 0.3 is 0 Å². The van der Waals surface area contributed by atoms with Crippen LogP contribution in [0.3, 0.4) is 0 Å². The second kappa shape index (κ2) is 10.1. The number of para-hydroxylation sites is 1. The summed E-state index contributed by atoms with van der Waals surface area (Å²) in [4.78, 5) is 2.54. The third-order valence-corrected chi connectivity index (χ3v) is 6.00. The lowest BCUT2D eigenvalue weighted by atomic mass is 10.1. The fraction of sp³-hybridized carbons (Fsp3) is 0.520. The number of nitrogens with zero attached hydrogens (tertiary/aromatic N) is 2. The Kier molecular flexibility index (Phi) is 7.52. The number of benzene rings is 2. The second-order valence-corrected chi connectivity index (χ2v) is 8.92. The lowest BCUT2D eigenvalue weighted by Crippen LogP contribution is -2.57. The molecule has 1 saturated heterocycles. The summed E-state index contributed by atoms with van der Waals surface area (Å²) < 4.78 is 7.31. The summed E-state index contributed by atoms with van der Waals surface area (Å²) in [5.41, 5.74) is 2.66. The first-order valence-electron chi connectivity index (χ1n) is 10.8. The van der Waals surface area contributed by atoms with Crippen LogP contribution < -0.4 is 4.90 Å². The highest BCUT2D eigenvalue weighted by Crippen LogP contribution is 2.25. The molecule has 0 amide bonds. The number of quaternary nitrogens is 1. The van der Waals surface area contributed by atoms with Crippen LogP contribution >= 0.6 is 0 Å². The van der Waals surface area contributed by atoms with Gasteiger partial charge in [-0.2, -0.15) is 0 Å². The number of anilines is 1. The Morgan fingerprint density at radius 1 is 0.893 bits per heavy atom. The minimum absolute atomic E-state index is 0.491. The van der Waals surface area contributed by atoms with E-state index in [0.717, 1.165) is 30.8 Å². The van der Waals surface area contributed by atoms with E-state index in [1.54, 1.807) is 0 Å². The quantitative estimate of drug-likeness (QED) is 0.539. The van der Waals surface area contributed by atoms with Gasteiger partial charge in [0, 0.05) is 31.7 Å². The lowest BCUT2D eigenvalue weighted by molar-refractivity contribution is -0.921. The maximum Gasteiger partial charge on any atom is 0.130 e. The van der Waals surface area contributed by atoms with Crippen molar-refractivity contribution in [3.63, 3.8) is 0 Å². The van der Waals surface area contributed by atoms with Crippen LogP contribution in [-0.2, 0) is 11.3 Å². The molecule has 2 aromatic rings. The van der Waals surface area contributed by atoms with Gasteiger partial charge in [-0.15, -0.1) is 0 Å². The predicted molar refractivity (Wildman–Crippen MR) is 119 cm³/mol. The van der Waals surface area contributed by atoms with Crippen molar-refractivity contribution in [2.75, 3.05) is 44.8 Å². The third kappa shape index (κ3) is 5.83. The molecule has 0 radical (unpaired) electrons. The smallest absolute Gasteiger partial charge is 0.130 e. The summed E-state index contributed by atoms with van der Waals surface area (Å²) in [6.45, 7) is 10.6. The maximum absolute atomic E-state index is 6.18. The fourth-order valence-electron chi connectivity index (χ4n) is 4.25. The first-order chi connectivity index (χ1) is 13.6. The molecule has 2 aromatic carbocycles. The van der Waals surface area contributed by atoms with Gasteiger partial charge in [-0.25, -0.2) is 0 Å². The van der Waals surface area contributed by atoms with E-state index >= 15 is 0 Å². The van der Waals surface area contributed by atoms with E-state index in [4.69, 9.17) is 4.74 Å². The Morgan fingerprint density at radius 2 is 1.50 bits per heavy atom. The molecule has 28 heavy (non-hydrogen) atoms. The van der Waals surface area contributed by atoms with Crippen molar-refractivity contribution in [3.05, 3.63) is 66.2 Å². The topological polar surface area (TPSA) is 12.5 Å². The fourth-order valence-corrected chi connectivity index (χ4v) is 4.25. The average molecular weight is 382 g/mol. The van der Waals surface area contributed by atoms with E-state index in [0.29, 0.717) is 12.0 Å². The van der Waals surface area contributed by atoms with Crippen LogP contribution in [0.5, 0.6) is 0 Å². The van der Waals surface area contributed by atoms with Crippen LogP contribution in [0.2, 0.25) is 0 Å². The van der Waals surface area contributed by atoms with E-state index in [1.165, 1.54) is 37.2 Å². The molecule has 0 spiro atoms. The minimum Gasteiger partial charge on any atom is -0.375 e. The van der Waals surface area contributed by atoms with Crippen LogP contribution in [0.4, 0.5) is 5.69 Å². The van der Waals surface area contributed by atoms with Crippen molar-refractivity contribution in [3.8, 4) is 0 Å². The molecule has 1 atom stereocenters. The number of hydrogen-bond acceptors (Lipinski definition) is 2. The number of rotatable bonds is 10. The highest BCUT2D eigenvalue weighted by Gasteiger charge is 2.37.